The number of Topliss-reactive ketones (excluding diaryl/α,β-unsaturated/α-hetero) is 1. The van der Waals surface area contributed by atoms with Gasteiger partial charge < -0.3 is 9.47 Å². The molecule has 3 nitrogen and oxygen atoms in total. The summed E-state index contributed by atoms with van der Waals surface area (Å²) in [5.74, 6) is -0.384. The van der Waals surface area contributed by atoms with E-state index in [1.807, 2.05) is 60.7 Å². The van der Waals surface area contributed by atoms with Gasteiger partial charge in [0.2, 0.25) is 0 Å². The van der Waals surface area contributed by atoms with Gasteiger partial charge in [0.05, 0.1) is 19.1 Å². The maximum atomic E-state index is 12.8. The molecule has 0 saturated carbocycles. The fraction of sp³-hybridized carbons (Fsp3) is 0.235. The minimum Gasteiger partial charge on any atom is -0.349 e. The van der Waals surface area contributed by atoms with Gasteiger partial charge in [0.1, 0.15) is 0 Å². The third-order valence-corrected chi connectivity index (χ3v) is 3.42. The van der Waals surface area contributed by atoms with Crippen LogP contribution in [0.25, 0.3) is 0 Å². The molecule has 3 heteroatoms. The molecule has 1 atom stereocenters. The molecule has 102 valence electrons. The minimum absolute atomic E-state index is 0.0312. The van der Waals surface area contributed by atoms with Crippen molar-refractivity contribution in [2.24, 2.45) is 0 Å². The van der Waals surface area contributed by atoms with Gasteiger partial charge in [-0.1, -0.05) is 60.7 Å². The van der Waals surface area contributed by atoms with E-state index in [9.17, 15) is 4.79 Å². The lowest BCUT2D eigenvalue weighted by molar-refractivity contribution is -0.0536. The first-order valence-electron chi connectivity index (χ1n) is 6.73. The predicted molar refractivity (Wildman–Crippen MR) is 75.6 cm³/mol. The predicted octanol–water partition coefficient (Wildman–Crippen LogP) is 3.03. The van der Waals surface area contributed by atoms with Crippen molar-refractivity contribution in [3.8, 4) is 0 Å². The highest BCUT2D eigenvalue weighted by Gasteiger charge is 2.34. The minimum atomic E-state index is -0.495. The SMILES string of the molecule is O=C(c1ccccc1)C(c1ccccc1)C1OCCO1. The Morgan fingerprint density at radius 3 is 2.05 bits per heavy atom. The molecule has 1 aliphatic heterocycles. The van der Waals surface area contributed by atoms with Crippen LogP contribution in [0, 0.1) is 0 Å². The summed E-state index contributed by atoms with van der Waals surface area (Å²) in [5, 5.41) is 0. The van der Waals surface area contributed by atoms with E-state index >= 15 is 0 Å². The maximum absolute atomic E-state index is 12.8. The van der Waals surface area contributed by atoms with E-state index in [2.05, 4.69) is 0 Å². The van der Waals surface area contributed by atoms with Gasteiger partial charge in [-0.25, -0.2) is 0 Å². The van der Waals surface area contributed by atoms with E-state index in [0.717, 1.165) is 5.56 Å². The van der Waals surface area contributed by atoms with Crippen LogP contribution >= 0.6 is 0 Å². The average molecular weight is 268 g/mol. The van der Waals surface area contributed by atoms with Crippen molar-refractivity contribution in [1.82, 2.24) is 0 Å². The molecule has 0 spiro atoms. The fourth-order valence-corrected chi connectivity index (χ4v) is 2.44. The molecule has 1 aliphatic rings. The Labute approximate surface area is 118 Å². The standard InChI is InChI=1S/C17H16O3/c18-16(14-9-5-2-6-10-14)15(17-19-11-12-20-17)13-7-3-1-4-8-13/h1-10,15,17H,11-12H2. The third kappa shape index (κ3) is 2.64. The first-order valence-corrected chi connectivity index (χ1v) is 6.73. The number of ether oxygens (including phenoxy) is 2. The Morgan fingerprint density at radius 1 is 0.900 bits per heavy atom. The topological polar surface area (TPSA) is 35.5 Å². The number of benzene rings is 2. The molecule has 1 fully saturated rings. The van der Waals surface area contributed by atoms with Crippen LogP contribution < -0.4 is 0 Å². The number of carbonyl (C=O) groups excluding carboxylic acids is 1. The van der Waals surface area contributed by atoms with Gasteiger partial charge in [0.25, 0.3) is 0 Å². The Hall–Kier alpha value is -1.97. The van der Waals surface area contributed by atoms with Gasteiger partial charge in [0.15, 0.2) is 12.1 Å². The highest BCUT2D eigenvalue weighted by molar-refractivity contribution is 6.01. The molecular weight excluding hydrogens is 252 g/mol. The fourth-order valence-electron chi connectivity index (χ4n) is 2.44. The van der Waals surface area contributed by atoms with Crippen molar-refractivity contribution in [1.29, 1.82) is 0 Å². The largest absolute Gasteiger partial charge is 0.349 e. The van der Waals surface area contributed by atoms with Gasteiger partial charge in [0, 0.05) is 5.56 Å². The lowest BCUT2D eigenvalue weighted by atomic mass is 9.90. The summed E-state index contributed by atoms with van der Waals surface area (Å²) in [7, 11) is 0. The van der Waals surface area contributed by atoms with Crippen LogP contribution in [0.4, 0.5) is 0 Å². The van der Waals surface area contributed by atoms with Crippen LogP contribution in [-0.2, 0) is 9.47 Å². The van der Waals surface area contributed by atoms with Crippen LogP contribution in [0.5, 0.6) is 0 Å². The lowest BCUT2D eigenvalue weighted by Gasteiger charge is -2.21. The Morgan fingerprint density at radius 2 is 1.45 bits per heavy atom. The zero-order chi connectivity index (χ0) is 13.8. The molecule has 0 N–H and O–H groups in total. The Kier molecular flexibility index (Phi) is 3.90. The van der Waals surface area contributed by atoms with Crippen LogP contribution in [-0.4, -0.2) is 25.3 Å². The van der Waals surface area contributed by atoms with Crippen molar-refractivity contribution >= 4 is 5.78 Å². The summed E-state index contributed by atoms with van der Waals surface area (Å²) < 4.78 is 11.1. The summed E-state index contributed by atoms with van der Waals surface area (Å²) in [5.41, 5.74) is 1.61. The zero-order valence-electron chi connectivity index (χ0n) is 11.1. The summed E-state index contributed by atoms with van der Waals surface area (Å²) in [6, 6.07) is 19.0. The quantitative estimate of drug-likeness (QED) is 0.800. The zero-order valence-corrected chi connectivity index (χ0v) is 11.1. The van der Waals surface area contributed by atoms with E-state index in [-0.39, 0.29) is 5.78 Å². The molecular formula is C17H16O3. The van der Waals surface area contributed by atoms with Crippen LogP contribution in [0.2, 0.25) is 0 Å². The summed E-state index contributed by atoms with van der Waals surface area (Å²) in [6.07, 6.45) is -0.495. The number of hydrogen-bond acceptors (Lipinski definition) is 3. The molecule has 1 heterocycles. The van der Waals surface area contributed by atoms with Crippen molar-refractivity contribution < 1.29 is 14.3 Å². The molecule has 2 aromatic carbocycles. The first kappa shape index (κ1) is 13.0. The monoisotopic (exact) mass is 268 g/mol. The lowest BCUT2D eigenvalue weighted by Crippen LogP contribution is -2.27. The highest BCUT2D eigenvalue weighted by atomic mass is 16.7. The normalized spacial score (nSPS) is 17.0. The van der Waals surface area contributed by atoms with E-state index in [0.29, 0.717) is 18.8 Å². The van der Waals surface area contributed by atoms with Crippen molar-refractivity contribution in [2.75, 3.05) is 13.2 Å². The van der Waals surface area contributed by atoms with E-state index < -0.39 is 12.2 Å². The second-order valence-corrected chi connectivity index (χ2v) is 4.73. The molecule has 2 aromatic rings. The van der Waals surface area contributed by atoms with Gasteiger partial charge in [-0.3, -0.25) is 4.79 Å². The second-order valence-electron chi connectivity index (χ2n) is 4.73. The van der Waals surface area contributed by atoms with Gasteiger partial charge >= 0.3 is 0 Å². The first-order chi connectivity index (χ1) is 9.86. The van der Waals surface area contributed by atoms with Crippen molar-refractivity contribution in [3.05, 3.63) is 71.8 Å². The molecule has 0 aliphatic carbocycles. The van der Waals surface area contributed by atoms with Crippen molar-refractivity contribution in [3.63, 3.8) is 0 Å². The van der Waals surface area contributed by atoms with Gasteiger partial charge in [-0.15, -0.1) is 0 Å². The molecule has 20 heavy (non-hydrogen) atoms. The average Bonchev–Trinajstić information content (AvgIpc) is 3.03. The number of rotatable bonds is 4. The van der Waals surface area contributed by atoms with E-state index in [1.54, 1.807) is 0 Å². The maximum Gasteiger partial charge on any atom is 0.175 e. The molecule has 1 saturated heterocycles. The summed E-state index contributed by atoms with van der Waals surface area (Å²) in [4.78, 5) is 12.8. The van der Waals surface area contributed by atoms with Crippen LogP contribution in [0.1, 0.15) is 21.8 Å². The molecule has 1 unspecified atom stereocenters. The molecule has 0 radical (unpaired) electrons. The van der Waals surface area contributed by atoms with Crippen molar-refractivity contribution in [2.45, 2.75) is 12.2 Å². The number of hydrogen-bond donors (Lipinski definition) is 0. The van der Waals surface area contributed by atoms with Crippen LogP contribution in [0.3, 0.4) is 0 Å². The smallest absolute Gasteiger partial charge is 0.175 e. The van der Waals surface area contributed by atoms with E-state index in [1.165, 1.54) is 0 Å². The number of carbonyl (C=O) groups is 1. The summed E-state index contributed by atoms with van der Waals surface area (Å²) in [6.45, 7) is 1.08. The molecule has 0 aromatic heterocycles. The van der Waals surface area contributed by atoms with E-state index in [4.69, 9.17) is 9.47 Å². The van der Waals surface area contributed by atoms with Gasteiger partial charge in [-0.05, 0) is 5.56 Å². The van der Waals surface area contributed by atoms with Crippen LogP contribution in [0.15, 0.2) is 60.7 Å². The Balaban J connectivity index is 1.95. The molecule has 3 rings (SSSR count). The third-order valence-electron chi connectivity index (χ3n) is 3.42. The van der Waals surface area contributed by atoms with Gasteiger partial charge in [-0.2, -0.15) is 0 Å². The number of ketones is 1. The molecule has 0 bridgehead atoms. The molecule has 0 amide bonds. The highest BCUT2D eigenvalue weighted by Crippen LogP contribution is 2.29. The Bertz CT molecular complexity index is 559. The summed E-state index contributed by atoms with van der Waals surface area (Å²) >= 11 is 0. The second kappa shape index (κ2) is 5.99.